The van der Waals surface area contributed by atoms with E-state index in [4.69, 9.17) is 0 Å². The fourth-order valence-corrected chi connectivity index (χ4v) is 5.02. The molecule has 1 aliphatic carbocycles. The molecule has 1 aromatic carbocycles. The number of likely N-dealkylation sites (tertiary alicyclic amines) is 1. The van der Waals surface area contributed by atoms with Gasteiger partial charge in [-0.1, -0.05) is 24.6 Å². The molecular formula is C22H30N2O2. The molecule has 26 heavy (non-hydrogen) atoms. The Bertz CT molecular complexity index is 691. The van der Waals surface area contributed by atoms with Gasteiger partial charge in [0, 0.05) is 43.1 Å². The second-order valence-corrected chi connectivity index (χ2v) is 8.96. The number of carbonyl (C=O) groups is 2. The smallest absolute Gasteiger partial charge is 0.227 e. The zero-order valence-electron chi connectivity index (χ0n) is 16.0. The van der Waals surface area contributed by atoms with Crippen LogP contribution in [0.5, 0.6) is 0 Å². The molecule has 0 radical (unpaired) electrons. The van der Waals surface area contributed by atoms with E-state index in [9.17, 15) is 9.59 Å². The maximum Gasteiger partial charge on any atom is 0.227 e. The minimum Gasteiger partial charge on any atom is -0.342 e. The summed E-state index contributed by atoms with van der Waals surface area (Å²) in [6.45, 7) is 6.67. The van der Waals surface area contributed by atoms with Gasteiger partial charge in [0.25, 0.3) is 0 Å². The van der Waals surface area contributed by atoms with Gasteiger partial charge in [0.15, 0.2) is 0 Å². The van der Waals surface area contributed by atoms with Crippen LogP contribution in [0.2, 0.25) is 0 Å². The van der Waals surface area contributed by atoms with Gasteiger partial charge in [-0.05, 0) is 57.1 Å². The average Bonchev–Trinajstić information content (AvgIpc) is 3.19. The first-order chi connectivity index (χ1) is 12.5. The Morgan fingerprint density at radius 2 is 1.77 bits per heavy atom. The van der Waals surface area contributed by atoms with E-state index in [-0.39, 0.29) is 17.2 Å². The van der Waals surface area contributed by atoms with Crippen molar-refractivity contribution < 1.29 is 9.59 Å². The number of amides is 2. The minimum atomic E-state index is -0.0421. The molecule has 0 unspecified atom stereocenters. The third-order valence-electron chi connectivity index (χ3n) is 6.78. The molecule has 3 aliphatic rings. The first-order valence-electron chi connectivity index (χ1n) is 10.1. The van der Waals surface area contributed by atoms with Gasteiger partial charge in [-0.2, -0.15) is 0 Å². The number of nitrogens with zero attached hydrogens (tertiary/aromatic N) is 2. The standard InChI is InChI=1S/C22H30N2O2/c1-16-3-7-18(8-4-16)21(26)23-12-11-22(14-23)13-20(25)24(15-22)19-9-5-17(2)6-10-19/h5-6,9-10,16,18H,3-4,7-8,11-15H2,1-2H3/t16?,18?,22-/m0/s1. The van der Waals surface area contributed by atoms with Gasteiger partial charge in [-0.3, -0.25) is 9.59 Å². The third kappa shape index (κ3) is 3.26. The van der Waals surface area contributed by atoms with Crippen molar-refractivity contribution in [3.63, 3.8) is 0 Å². The summed E-state index contributed by atoms with van der Waals surface area (Å²) in [7, 11) is 0. The van der Waals surface area contributed by atoms with Crippen LogP contribution in [0.25, 0.3) is 0 Å². The summed E-state index contributed by atoms with van der Waals surface area (Å²) in [5, 5.41) is 0. The first-order valence-corrected chi connectivity index (χ1v) is 10.1. The van der Waals surface area contributed by atoms with Crippen molar-refractivity contribution in [2.24, 2.45) is 17.3 Å². The molecular weight excluding hydrogens is 324 g/mol. The van der Waals surface area contributed by atoms with E-state index in [0.717, 1.165) is 50.5 Å². The Hall–Kier alpha value is -1.84. The number of hydrogen-bond acceptors (Lipinski definition) is 2. The lowest BCUT2D eigenvalue weighted by atomic mass is 9.82. The Morgan fingerprint density at radius 1 is 1.08 bits per heavy atom. The highest BCUT2D eigenvalue weighted by Gasteiger charge is 2.49. The molecule has 0 N–H and O–H groups in total. The van der Waals surface area contributed by atoms with Gasteiger partial charge < -0.3 is 9.80 Å². The van der Waals surface area contributed by atoms with Crippen molar-refractivity contribution in [3.05, 3.63) is 29.8 Å². The molecule has 0 aromatic heterocycles. The predicted molar refractivity (Wildman–Crippen MR) is 103 cm³/mol. The van der Waals surface area contributed by atoms with Crippen molar-refractivity contribution in [2.75, 3.05) is 24.5 Å². The van der Waals surface area contributed by atoms with E-state index in [1.54, 1.807) is 0 Å². The molecule has 140 valence electrons. The molecule has 1 saturated carbocycles. The quantitative estimate of drug-likeness (QED) is 0.811. The van der Waals surface area contributed by atoms with Gasteiger partial charge in [-0.25, -0.2) is 0 Å². The molecule has 3 fully saturated rings. The maximum atomic E-state index is 12.9. The van der Waals surface area contributed by atoms with Crippen molar-refractivity contribution in [1.82, 2.24) is 4.90 Å². The van der Waals surface area contributed by atoms with Crippen LogP contribution in [0.4, 0.5) is 5.69 Å². The highest BCUT2D eigenvalue weighted by Crippen LogP contribution is 2.43. The van der Waals surface area contributed by atoms with Crippen LogP contribution in [0.1, 0.15) is 51.0 Å². The first kappa shape index (κ1) is 17.6. The van der Waals surface area contributed by atoms with Crippen molar-refractivity contribution in [2.45, 2.75) is 52.4 Å². The number of aryl methyl sites for hydroxylation is 1. The molecule has 1 spiro atoms. The SMILES string of the molecule is Cc1ccc(N2C[C@@]3(CCN(C(=O)C4CCC(C)CC4)C3)CC2=O)cc1. The Labute approximate surface area is 156 Å². The normalized spacial score (nSPS) is 31.8. The van der Waals surface area contributed by atoms with Crippen molar-refractivity contribution >= 4 is 17.5 Å². The van der Waals surface area contributed by atoms with E-state index in [0.29, 0.717) is 12.3 Å². The van der Waals surface area contributed by atoms with Crippen LogP contribution >= 0.6 is 0 Å². The van der Waals surface area contributed by atoms with Crippen LogP contribution in [-0.2, 0) is 9.59 Å². The molecule has 4 rings (SSSR count). The number of anilines is 1. The van der Waals surface area contributed by atoms with Gasteiger partial charge in [0.05, 0.1) is 0 Å². The number of benzene rings is 1. The Kier molecular flexibility index (Phi) is 4.54. The molecule has 1 atom stereocenters. The monoisotopic (exact) mass is 354 g/mol. The minimum absolute atomic E-state index is 0.0421. The van der Waals surface area contributed by atoms with Crippen LogP contribution < -0.4 is 4.90 Å². The lowest BCUT2D eigenvalue weighted by Crippen LogP contribution is -2.38. The van der Waals surface area contributed by atoms with Crippen molar-refractivity contribution in [1.29, 1.82) is 0 Å². The Morgan fingerprint density at radius 3 is 2.46 bits per heavy atom. The van der Waals surface area contributed by atoms with Gasteiger partial charge in [0.1, 0.15) is 0 Å². The third-order valence-corrected chi connectivity index (χ3v) is 6.78. The molecule has 4 heteroatoms. The Balaban J connectivity index is 1.42. The molecule has 2 saturated heterocycles. The summed E-state index contributed by atoms with van der Waals surface area (Å²) < 4.78 is 0. The fourth-order valence-electron chi connectivity index (χ4n) is 5.02. The number of hydrogen-bond donors (Lipinski definition) is 0. The van der Waals surface area contributed by atoms with E-state index in [1.807, 2.05) is 17.0 Å². The summed E-state index contributed by atoms with van der Waals surface area (Å²) in [5.74, 6) is 1.52. The summed E-state index contributed by atoms with van der Waals surface area (Å²) >= 11 is 0. The van der Waals surface area contributed by atoms with Crippen LogP contribution in [0, 0.1) is 24.2 Å². The van der Waals surface area contributed by atoms with Crippen LogP contribution in [-0.4, -0.2) is 36.3 Å². The van der Waals surface area contributed by atoms with E-state index in [2.05, 4.69) is 30.9 Å². The maximum absolute atomic E-state index is 12.9. The molecule has 2 amide bonds. The summed E-state index contributed by atoms with van der Waals surface area (Å²) in [5.41, 5.74) is 2.15. The second-order valence-electron chi connectivity index (χ2n) is 8.96. The van der Waals surface area contributed by atoms with Crippen molar-refractivity contribution in [3.8, 4) is 0 Å². The molecule has 2 aliphatic heterocycles. The predicted octanol–water partition coefficient (Wildman–Crippen LogP) is 3.78. The number of carbonyl (C=O) groups excluding carboxylic acids is 2. The molecule has 1 aromatic rings. The summed E-state index contributed by atoms with van der Waals surface area (Å²) in [6, 6.07) is 8.19. The van der Waals surface area contributed by atoms with Gasteiger partial charge in [0.2, 0.25) is 11.8 Å². The van der Waals surface area contributed by atoms with E-state index in [1.165, 1.54) is 18.4 Å². The fraction of sp³-hybridized carbons (Fsp3) is 0.636. The molecule has 4 nitrogen and oxygen atoms in total. The highest BCUT2D eigenvalue weighted by molar-refractivity contribution is 5.96. The largest absolute Gasteiger partial charge is 0.342 e. The van der Waals surface area contributed by atoms with Gasteiger partial charge >= 0.3 is 0 Å². The number of rotatable bonds is 2. The lowest BCUT2D eigenvalue weighted by molar-refractivity contribution is -0.136. The van der Waals surface area contributed by atoms with E-state index >= 15 is 0 Å². The second kappa shape index (κ2) is 6.71. The topological polar surface area (TPSA) is 40.6 Å². The lowest BCUT2D eigenvalue weighted by Gasteiger charge is -2.30. The van der Waals surface area contributed by atoms with Gasteiger partial charge in [-0.15, -0.1) is 0 Å². The van der Waals surface area contributed by atoms with Crippen LogP contribution in [0.3, 0.4) is 0 Å². The summed E-state index contributed by atoms with van der Waals surface area (Å²) in [6.07, 6.45) is 5.96. The van der Waals surface area contributed by atoms with E-state index < -0.39 is 0 Å². The van der Waals surface area contributed by atoms with Crippen LogP contribution in [0.15, 0.2) is 24.3 Å². The molecule has 2 heterocycles. The highest BCUT2D eigenvalue weighted by atomic mass is 16.2. The zero-order chi connectivity index (χ0) is 18.3. The summed E-state index contributed by atoms with van der Waals surface area (Å²) in [4.78, 5) is 29.6. The zero-order valence-corrected chi connectivity index (χ0v) is 16.0. The average molecular weight is 354 g/mol. The molecule has 0 bridgehead atoms.